The predicted molar refractivity (Wildman–Crippen MR) is 52.4 cm³/mol. The lowest BCUT2D eigenvalue weighted by Crippen LogP contribution is -2.02. The summed E-state index contributed by atoms with van der Waals surface area (Å²) in [5, 5.41) is 0. The third kappa shape index (κ3) is 3.27. The second kappa shape index (κ2) is 4.27. The van der Waals surface area contributed by atoms with Gasteiger partial charge in [-0.2, -0.15) is 12.6 Å². The first kappa shape index (κ1) is 12.1. The maximum absolute atomic E-state index is 10.8. The summed E-state index contributed by atoms with van der Waals surface area (Å²) in [6, 6.07) is 3.49. The molecule has 0 saturated carbocycles. The predicted octanol–water partition coefficient (Wildman–Crippen LogP) is 0.757. The van der Waals surface area contributed by atoms with Gasteiger partial charge in [0.25, 0.3) is 10.1 Å². The van der Waals surface area contributed by atoms with E-state index in [4.69, 9.17) is 9.11 Å². The molecule has 1 atom stereocenters. The number of aryl methyl sites for hydroxylation is 1. The van der Waals surface area contributed by atoms with E-state index >= 15 is 0 Å². The van der Waals surface area contributed by atoms with E-state index in [1.165, 1.54) is 19.1 Å². The average Bonchev–Trinajstić information content (AvgIpc) is 1.99. The van der Waals surface area contributed by atoms with Gasteiger partial charge >= 0.3 is 11.4 Å². The Labute approximate surface area is 89.1 Å². The molecule has 1 rings (SSSR count). The molecule has 0 saturated heterocycles. The summed E-state index contributed by atoms with van der Waals surface area (Å²) in [4.78, 5) is -0.265. The van der Waals surface area contributed by atoms with Gasteiger partial charge in [0, 0.05) is 0 Å². The summed E-state index contributed by atoms with van der Waals surface area (Å²) in [7, 11) is -4.27. The monoisotopic (exact) mass is 252 g/mol. The zero-order valence-corrected chi connectivity index (χ0v) is 9.21. The first-order chi connectivity index (χ1) is 6.80. The van der Waals surface area contributed by atoms with Crippen molar-refractivity contribution in [1.82, 2.24) is 0 Å². The maximum Gasteiger partial charge on any atom is 0.357 e. The Kier molecular flexibility index (Phi) is 3.45. The zero-order chi connectivity index (χ0) is 11.6. The molecule has 0 fully saturated rings. The van der Waals surface area contributed by atoms with Crippen LogP contribution < -0.4 is 4.18 Å². The molecule has 0 aliphatic rings. The van der Waals surface area contributed by atoms with Crippen LogP contribution in [0.3, 0.4) is 0 Å². The van der Waals surface area contributed by atoms with Crippen LogP contribution in [-0.2, 0) is 21.5 Å². The lowest BCUT2D eigenvalue weighted by molar-refractivity contribution is 0.457. The highest BCUT2D eigenvalue weighted by Gasteiger charge is 2.13. The van der Waals surface area contributed by atoms with Crippen LogP contribution in [0.4, 0.5) is 0 Å². The van der Waals surface area contributed by atoms with Gasteiger partial charge in [0.2, 0.25) is 0 Å². The zero-order valence-electron chi connectivity index (χ0n) is 7.58. The van der Waals surface area contributed by atoms with Gasteiger partial charge < -0.3 is 4.18 Å². The minimum Gasteiger partial charge on any atom is -0.380 e. The van der Waals surface area contributed by atoms with E-state index in [9.17, 15) is 12.6 Å². The van der Waals surface area contributed by atoms with Gasteiger partial charge in [-0.25, -0.2) is 0 Å². The third-order valence-corrected chi connectivity index (χ3v) is 2.94. The van der Waals surface area contributed by atoms with E-state index < -0.39 is 21.5 Å². The van der Waals surface area contributed by atoms with Crippen LogP contribution in [0, 0.1) is 6.92 Å². The fourth-order valence-corrected chi connectivity index (χ4v) is 2.02. The molecule has 0 radical (unpaired) electrons. The van der Waals surface area contributed by atoms with Crippen LogP contribution in [0.5, 0.6) is 5.75 Å². The van der Waals surface area contributed by atoms with Crippen LogP contribution in [0.2, 0.25) is 0 Å². The van der Waals surface area contributed by atoms with E-state index in [-0.39, 0.29) is 16.2 Å². The molecule has 1 aromatic carbocycles. The maximum atomic E-state index is 10.8. The Morgan fingerprint density at radius 2 is 2.00 bits per heavy atom. The minimum atomic E-state index is -4.27. The summed E-state index contributed by atoms with van der Waals surface area (Å²) < 4.78 is 53.5. The van der Waals surface area contributed by atoms with Crippen LogP contribution in [0.25, 0.3) is 0 Å². The molecule has 0 bridgehead atoms. The molecular formula is C7H8O6S2. The topological polar surface area (TPSA) is 101 Å². The number of hydrogen-bond acceptors (Lipinski definition) is 4. The van der Waals surface area contributed by atoms with Crippen molar-refractivity contribution in [2.45, 2.75) is 11.8 Å². The molecule has 0 amide bonds. The molecule has 0 heterocycles. The minimum absolute atomic E-state index is 0.0423. The average molecular weight is 252 g/mol. The Balaban J connectivity index is 3.15. The van der Waals surface area contributed by atoms with Gasteiger partial charge in [-0.05, 0) is 30.7 Å². The van der Waals surface area contributed by atoms with Crippen molar-refractivity contribution >= 4 is 21.5 Å². The Bertz CT molecular complexity index is 492. The van der Waals surface area contributed by atoms with Crippen molar-refractivity contribution < 1.29 is 25.9 Å². The van der Waals surface area contributed by atoms with Crippen molar-refractivity contribution in [2.75, 3.05) is 0 Å². The van der Waals surface area contributed by atoms with Crippen LogP contribution in [0.1, 0.15) is 5.56 Å². The van der Waals surface area contributed by atoms with Crippen molar-refractivity contribution in [3.63, 3.8) is 0 Å². The smallest absolute Gasteiger partial charge is 0.357 e. The van der Waals surface area contributed by atoms with E-state index in [2.05, 4.69) is 4.18 Å². The van der Waals surface area contributed by atoms with Gasteiger partial charge in [-0.3, -0.25) is 9.11 Å². The van der Waals surface area contributed by atoms with Gasteiger partial charge in [0.05, 0.1) is 4.90 Å². The summed E-state index contributed by atoms with van der Waals surface area (Å²) in [5.74, 6) is 0.0423. The van der Waals surface area contributed by atoms with E-state index in [1.54, 1.807) is 0 Å². The van der Waals surface area contributed by atoms with E-state index in [1.807, 2.05) is 0 Å². The molecular weight excluding hydrogens is 244 g/mol. The molecule has 0 aliphatic carbocycles. The molecule has 15 heavy (non-hydrogen) atoms. The molecule has 1 aromatic rings. The van der Waals surface area contributed by atoms with Gasteiger partial charge in [0.1, 0.15) is 5.75 Å². The second-order valence-electron chi connectivity index (χ2n) is 2.70. The lowest BCUT2D eigenvalue weighted by atomic mass is 10.2. The van der Waals surface area contributed by atoms with Crippen molar-refractivity contribution in [2.24, 2.45) is 0 Å². The van der Waals surface area contributed by atoms with Crippen LogP contribution >= 0.6 is 0 Å². The van der Waals surface area contributed by atoms with Gasteiger partial charge in [-0.15, -0.1) is 0 Å². The Hall–Kier alpha value is -0.960. The molecule has 0 aromatic heterocycles. The fourth-order valence-electron chi connectivity index (χ4n) is 1.05. The lowest BCUT2D eigenvalue weighted by Gasteiger charge is -2.04. The van der Waals surface area contributed by atoms with E-state index in [0.717, 1.165) is 6.07 Å². The van der Waals surface area contributed by atoms with Crippen molar-refractivity contribution in [3.05, 3.63) is 23.8 Å². The van der Waals surface area contributed by atoms with Crippen LogP contribution in [0.15, 0.2) is 23.1 Å². The highest BCUT2D eigenvalue weighted by Crippen LogP contribution is 2.21. The molecule has 0 spiro atoms. The standard InChI is InChI=1S/C7H8O6S2/c1-5-4-6(13-14(8)9)2-3-7(5)15(10,11)12/h2-4H,1H3,(H,8,9)(H,10,11,12). The van der Waals surface area contributed by atoms with Gasteiger partial charge in [-0.1, -0.05) is 0 Å². The first-order valence-corrected chi connectivity index (χ1v) is 6.15. The number of benzene rings is 1. The molecule has 6 nitrogen and oxygen atoms in total. The molecule has 0 aliphatic heterocycles. The summed E-state index contributed by atoms with van der Waals surface area (Å²) >= 11 is -2.46. The van der Waals surface area contributed by atoms with Crippen molar-refractivity contribution in [3.8, 4) is 5.75 Å². The second-order valence-corrected chi connectivity index (χ2v) is 4.69. The molecule has 2 N–H and O–H groups in total. The number of rotatable bonds is 3. The molecule has 8 heteroatoms. The van der Waals surface area contributed by atoms with Crippen LogP contribution in [-0.4, -0.2) is 21.7 Å². The van der Waals surface area contributed by atoms with Gasteiger partial charge in [0.15, 0.2) is 0 Å². The molecule has 84 valence electrons. The molecule has 1 unspecified atom stereocenters. The van der Waals surface area contributed by atoms with E-state index in [0.29, 0.717) is 0 Å². The fraction of sp³-hybridized carbons (Fsp3) is 0.143. The highest BCUT2D eigenvalue weighted by atomic mass is 32.2. The highest BCUT2D eigenvalue weighted by molar-refractivity contribution is 7.85. The largest absolute Gasteiger partial charge is 0.380 e. The SMILES string of the molecule is Cc1cc(OS(=O)O)ccc1S(=O)(=O)O. The number of hydrogen-bond donors (Lipinski definition) is 2. The summed E-state index contributed by atoms with van der Waals surface area (Å²) in [6.07, 6.45) is 0. The van der Waals surface area contributed by atoms with Crippen molar-refractivity contribution in [1.29, 1.82) is 0 Å². The first-order valence-electron chi connectivity index (χ1n) is 3.68. The summed E-state index contributed by atoms with van der Waals surface area (Å²) in [6.45, 7) is 1.43. The Morgan fingerprint density at radius 3 is 2.40 bits per heavy atom. The third-order valence-electron chi connectivity index (χ3n) is 1.59. The Morgan fingerprint density at radius 1 is 1.40 bits per heavy atom. The summed E-state index contributed by atoms with van der Waals surface area (Å²) in [5.41, 5.74) is 0.223. The quantitative estimate of drug-likeness (QED) is 0.608. The normalized spacial score (nSPS) is 13.5.